The zero-order valence-corrected chi connectivity index (χ0v) is 19.8. The second-order valence-electron chi connectivity index (χ2n) is 8.30. The third-order valence-electron chi connectivity index (χ3n) is 6.21. The highest BCUT2D eigenvalue weighted by Crippen LogP contribution is 2.31. The lowest BCUT2D eigenvalue weighted by molar-refractivity contribution is 0.0684. The summed E-state index contributed by atoms with van der Waals surface area (Å²) in [6, 6.07) is 21.7. The maximum absolute atomic E-state index is 12.5. The molecule has 34 heavy (non-hydrogen) atoms. The fourth-order valence-electron chi connectivity index (χ4n) is 4.36. The van der Waals surface area contributed by atoms with Crippen LogP contribution in [0.5, 0.6) is 11.5 Å². The molecule has 0 amide bonds. The molecule has 2 N–H and O–H groups in total. The summed E-state index contributed by atoms with van der Waals surface area (Å²) in [5.74, 6) is 0.510. The zero-order chi connectivity index (χ0) is 24.1. The van der Waals surface area contributed by atoms with Crippen molar-refractivity contribution in [3.05, 3.63) is 94.7 Å². The molecule has 0 aliphatic heterocycles. The Kier molecular flexibility index (Phi) is 7.18. The molecule has 0 aliphatic carbocycles. The number of hydrogen-bond acceptors (Lipinski definition) is 4. The van der Waals surface area contributed by atoms with E-state index >= 15 is 0 Å². The number of aromatic carboxylic acids is 1. The van der Waals surface area contributed by atoms with Crippen molar-refractivity contribution in [3.63, 3.8) is 0 Å². The van der Waals surface area contributed by atoms with Gasteiger partial charge in [0, 0.05) is 30.1 Å². The van der Waals surface area contributed by atoms with E-state index in [2.05, 4.69) is 24.4 Å². The number of aromatic nitrogens is 1. The van der Waals surface area contributed by atoms with E-state index in [9.17, 15) is 9.90 Å². The first-order chi connectivity index (χ1) is 16.5. The average Bonchev–Trinajstić information content (AvgIpc) is 3.15. The topological polar surface area (TPSA) is 72.7 Å². The molecular weight excluding hydrogens is 428 g/mol. The number of hydrogen-bond donors (Lipinski definition) is 2. The molecule has 176 valence electrons. The summed E-state index contributed by atoms with van der Waals surface area (Å²) in [7, 11) is 3.24. The third-order valence-corrected chi connectivity index (χ3v) is 6.21. The molecule has 0 saturated heterocycles. The van der Waals surface area contributed by atoms with Crippen LogP contribution in [0, 0.1) is 6.92 Å². The molecule has 0 spiro atoms. The first-order valence-corrected chi connectivity index (χ1v) is 11.3. The minimum Gasteiger partial charge on any atom is -0.497 e. The third kappa shape index (κ3) is 4.92. The van der Waals surface area contributed by atoms with Gasteiger partial charge in [0.15, 0.2) is 0 Å². The lowest BCUT2D eigenvalue weighted by atomic mass is 10.1. The molecule has 1 heterocycles. The number of nitrogens with one attached hydrogen (secondary N) is 1. The van der Waals surface area contributed by atoms with Crippen molar-refractivity contribution in [1.82, 2.24) is 9.88 Å². The molecule has 0 radical (unpaired) electrons. The van der Waals surface area contributed by atoms with Crippen LogP contribution in [0.25, 0.3) is 10.9 Å². The summed E-state index contributed by atoms with van der Waals surface area (Å²) in [6.45, 7) is 3.76. The Balaban J connectivity index is 1.66. The summed E-state index contributed by atoms with van der Waals surface area (Å²) in [5.41, 5.74) is 5.45. The van der Waals surface area contributed by atoms with Gasteiger partial charge in [-0.3, -0.25) is 0 Å². The van der Waals surface area contributed by atoms with E-state index in [-0.39, 0.29) is 0 Å². The van der Waals surface area contributed by atoms with Gasteiger partial charge >= 0.3 is 5.97 Å². The molecule has 0 atom stereocenters. The zero-order valence-electron chi connectivity index (χ0n) is 19.8. The number of carboxylic acids is 1. The Morgan fingerprint density at radius 2 is 1.68 bits per heavy atom. The van der Waals surface area contributed by atoms with Crippen LogP contribution in [0.15, 0.2) is 66.7 Å². The van der Waals surface area contributed by atoms with E-state index in [0.717, 1.165) is 40.7 Å². The lowest BCUT2D eigenvalue weighted by Gasteiger charge is -2.11. The number of ether oxygens (including phenoxy) is 2. The van der Waals surface area contributed by atoms with Gasteiger partial charge in [-0.25, -0.2) is 4.79 Å². The number of carbonyl (C=O) groups is 1. The van der Waals surface area contributed by atoms with Gasteiger partial charge in [-0.2, -0.15) is 0 Å². The number of carboxylic acid groups (broad SMARTS) is 1. The van der Waals surface area contributed by atoms with E-state index in [4.69, 9.17) is 9.47 Å². The van der Waals surface area contributed by atoms with E-state index in [1.54, 1.807) is 14.2 Å². The van der Waals surface area contributed by atoms with Gasteiger partial charge in [0.05, 0.1) is 19.7 Å². The molecule has 3 aromatic carbocycles. The van der Waals surface area contributed by atoms with Gasteiger partial charge < -0.3 is 24.5 Å². The summed E-state index contributed by atoms with van der Waals surface area (Å²) < 4.78 is 12.5. The predicted molar refractivity (Wildman–Crippen MR) is 134 cm³/mol. The molecule has 0 fully saturated rings. The number of benzene rings is 3. The van der Waals surface area contributed by atoms with Crippen molar-refractivity contribution in [2.75, 3.05) is 20.8 Å². The Hall–Kier alpha value is -3.77. The first-order valence-electron chi connectivity index (χ1n) is 11.3. The van der Waals surface area contributed by atoms with Crippen molar-refractivity contribution in [1.29, 1.82) is 0 Å². The van der Waals surface area contributed by atoms with Crippen molar-refractivity contribution < 1.29 is 19.4 Å². The van der Waals surface area contributed by atoms with Crippen LogP contribution in [-0.4, -0.2) is 36.4 Å². The van der Waals surface area contributed by atoms with Gasteiger partial charge in [-0.1, -0.05) is 36.4 Å². The van der Waals surface area contributed by atoms with E-state index in [1.807, 2.05) is 59.2 Å². The Labute approximate surface area is 199 Å². The molecule has 0 aliphatic rings. The Bertz CT molecular complexity index is 1290. The number of rotatable bonds is 10. The van der Waals surface area contributed by atoms with Gasteiger partial charge in [0.25, 0.3) is 0 Å². The van der Waals surface area contributed by atoms with Crippen LogP contribution in [0.4, 0.5) is 0 Å². The van der Waals surface area contributed by atoms with Crippen LogP contribution in [0.3, 0.4) is 0 Å². The SMILES string of the molecule is COc1ccc(Cn2c(C(=O)O)c(CNCCc3ccccc3C)c3ccc(OC)cc32)cc1. The normalized spacial score (nSPS) is 11.0. The smallest absolute Gasteiger partial charge is 0.352 e. The molecule has 4 aromatic rings. The Morgan fingerprint density at radius 3 is 2.35 bits per heavy atom. The molecule has 0 saturated carbocycles. The van der Waals surface area contributed by atoms with Crippen LogP contribution in [-0.2, 0) is 19.5 Å². The molecule has 1 aromatic heterocycles. The van der Waals surface area contributed by atoms with Crippen LogP contribution in [0.2, 0.25) is 0 Å². The average molecular weight is 459 g/mol. The van der Waals surface area contributed by atoms with Gasteiger partial charge in [0.2, 0.25) is 0 Å². The second kappa shape index (κ2) is 10.4. The largest absolute Gasteiger partial charge is 0.497 e. The fourth-order valence-corrected chi connectivity index (χ4v) is 4.36. The van der Waals surface area contributed by atoms with Crippen LogP contribution < -0.4 is 14.8 Å². The van der Waals surface area contributed by atoms with E-state index in [0.29, 0.717) is 24.5 Å². The van der Waals surface area contributed by atoms with E-state index < -0.39 is 5.97 Å². The van der Waals surface area contributed by atoms with Gasteiger partial charge in [0.1, 0.15) is 17.2 Å². The van der Waals surface area contributed by atoms with Crippen molar-refractivity contribution in [2.45, 2.75) is 26.4 Å². The number of methoxy groups -OCH3 is 2. The maximum atomic E-state index is 12.5. The minimum atomic E-state index is -0.945. The second-order valence-corrected chi connectivity index (χ2v) is 8.30. The van der Waals surface area contributed by atoms with Crippen LogP contribution >= 0.6 is 0 Å². The predicted octanol–water partition coefficient (Wildman–Crippen LogP) is 5.05. The standard InChI is InChI=1S/C28H30N2O4/c1-19-6-4-5-7-21(19)14-15-29-17-25-24-13-12-23(34-3)16-26(24)30(27(25)28(31)32)18-20-8-10-22(33-2)11-9-20/h4-13,16,29H,14-15,17-18H2,1-3H3,(H,31,32). The molecule has 0 unspecified atom stereocenters. The molecular formula is C28H30N2O4. The summed E-state index contributed by atoms with van der Waals surface area (Å²) in [4.78, 5) is 12.5. The maximum Gasteiger partial charge on any atom is 0.352 e. The molecule has 0 bridgehead atoms. The van der Waals surface area contributed by atoms with E-state index in [1.165, 1.54) is 11.1 Å². The monoisotopic (exact) mass is 458 g/mol. The molecule has 6 nitrogen and oxygen atoms in total. The minimum absolute atomic E-state index is 0.294. The highest BCUT2D eigenvalue weighted by molar-refractivity contribution is 5.98. The quantitative estimate of drug-likeness (QED) is 0.326. The van der Waals surface area contributed by atoms with Gasteiger partial charge in [-0.15, -0.1) is 0 Å². The molecule has 6 heteroatoms. The summed E-state index contributed by atoms with van der Waals surface area (Å²) in [5, 5.41) is 14.6. The van der Waals surface area contributed by atoms with Crippen molar-refractivity contribution >= 4 is 16.9 Å². The number of nitrogens with zero attached hydrogens (tertiary/aromatic N) is 1. The Morgan fingerprint density at radius 1 is 0.971 bits per heavy atom. The van der Waals surface area contributed by atoms with Crippen molar-refractivity contribution in [2.24, 2.45) is 0 Å². The highest BCUT2D eigenvalue weighted by Gasteiger charge is 2.23. The molecule has 4 rings (SSSR count). The van der Waals surface area contributed by atoms with Crippen LogP contribution in [0.1, 0.15) is 32.7 Å². The van der Waals surface area contributed by atoms with Crippen molar-refractivity contribution in [3.8, 4) is 11.5 Å². The summed E-state index contributed by atoms with van der Waals surface area (Å²) in [6.07, 6.45) is 0.882. The number of aryl methyl sites for hydroxylation is 1. The first kappa shape index (κ1) is 23.4. The summed E-state index contributed by atoms with van der Waals surface area (Å²) >= 11 is 0. The van der Waals surface area contributed by atoms with Gasteiger partial charge in [-0.05, 0) is 60.8 Å². The highest BCUT2D eigenvalue weighted by atomic mass is 16.5. The lowest BCUT2D eigenvalue weighted by Crippen LogP contribution is -2.19. The number of fused-ring (bicyclic) bond motifs is 1. The fraction of sp³-hybridized carbons (Fsp3) is 0.250.